The fraction of sp³-hybridized carbons (Fsp3) is 0.550. The van der Waals surface area contributed by atoms with Gasteiger partial charge in [0.2, 0.25) is 0 Å². The number of ether oxygens (including phenoxy) is 1. The van der Waals surface area contributed by atoms with Crippen LogP contribution in [0.25, 0.3) is 11.0 Å². The summed E-state index contributed by atoms with van der Waals surface area (Å²) in [5, 5.41) is 1.04. The first kappa shape index (κ1) is 15.7. The summed E-state index contributed by atoms with van der Waals surface area (Å²) in [6, 6.07) is 4.16. The average molecular weight is 327 g/mol. The Morgan fingerprint density at radius 1 is 1.08 bits per heavy atom. The summed E-state index contributed by atoms with van der Waals surface area (Å²) < 4.78 is 12.0. The molecule has 0 radical (unpaired) electrons. The Labute approximate surface area is 142 Å². The first-order chi connectivity index (χ1) is 11.5. The molecule has 4 heteroatoms. The second-order valence-electron chi connectivity index (χ2n) is 7.30. The molecule has 1 saturated heterocycles. The lowest BCUT2D eigenvalue weighted by Crippen LogP contribution is -2.49. The van der Waals surface area contributed by atoms with E-state index < -0.39 is 5.72 Å². The van der Waals surface area contributed by atoms with Crippen molar-refractivity contribution < 1.29 is 13.9 Å². The highest BCUT2D eigenvalue weighted by Gasteiger charge is 2.46. The zero-order chi connectivity index (χ0) is 16.9. The molecule has 24 heavy (non-hydrogen) atoms. The number of benzene rings is 1. The number of carbonyl (C=O) groups is 1. The largest absolute Gasteiger partial charge is 0.451 e. The second kappa shape index (κ2) is 5.62. The van der Waals surface area contributed by atoms with E-state index in [1.165, 1.54) is 17.5 Å². The molecule has 0 bridgehead atoms. The van der Waals surface area contributed by atoms with Crippen LogP contribution in [0.1, 0.15) is 59.3 Å². The molecular formula is C20H25NO3. The molecule has 0 atom stereocenters. The Bertz CT molecular complexity index is 799. The summed E-state index contributed by atoms with van der Waals surface area (Å²) in [5.41, 5.74) is 3.75. The number of aryl methyl sites for hydroxylation is 3. The van der Waals surface area contributed by atoms with E-state index in [4.69, 9.17) is 9.15 Å². The van der Waals surface area contributed by atoms with Gasteiger partial charge in [0.25, 0.3) is 5.91 Å². The lowest BCUT2D eigenvalue weighted by Gasteiger charge is -2.39. The number of hydrogen-bond donors (Lipinski definition) is 0. The van der Waals surface area contributed by atoms with Gasteiger partial charge in [0.05, 0.1) is 6.61 Å². The highest BCUT2D eigenvalue weighted by Crippen LogP contribution is 2.40. The van der Waals surface area contributed by atoms with Crippen LogP contribution >= 0.6 is 0 Å². The Morgan fingerprint density at radius 3 is 2.54 bits per heavy atom. The van der Waals surface area contributed by atoms with Crippen molar-refractivity contribution in [3.05, 3.63) is 34.6 Å². The van der Waals surface area contributed by atoms with Crippen molar-refractivity contribution in [1.29, 1.82) is 0 Å². The van der Waals surface area contributed by atoms with Crippen LogP contribution in [0.5, 0.6) is 0 Å². The lowest BCUT2D eigenvalue weighted by atomic mass is 9.90. The number of furan rings is 1. The van der Waals surface area contributed by atoms with Gasteiger partial charge in [-0.25, -0.2) is 0 Å². The van der Waals surface area contributed by atoms with Gasteiger partial charge in [-0.2, -0.15) is 0 Å². The van der Waals surface area contributed by atoms with E-state index in [0.29, 0.717) is 18.9 Å². The summed E-state index contributed by atoms with van der Waals surface area (Å²) in [6.45, 7) is 7.43. The minimum Gasteiger partial charge on any atom is -0.451 e. The SMILES string of the molecule is Cc1cc2oc(C(=O)N3CCOC34CCCCC4)c(C)c2cc1C. The number of amides is 1. The van der Waals surface area contributed by atoms with E-state index in [1.807, 2.05) is 17.9 Å². The van der Waals surface area contributed by atoms with E-state index in [-0.39, 0.29) is 5.91 Å². The predicted octanol–water partition coefficient (Wildman–Crippen LogP) is 4.49. The topological polar surface area (TPSA) is 42.7 Å². The third-order valence-corrected chi connectivity index (χ3v) is 5.80. The van der Waals surface area contributed by atoms with Gasteiger partial charge in [-0.05, 0) is 69.7 Å². The first-order valence-corrected chi connectivity index (χ1v) is 8.98. The number of carbonyl (C=O) groups excluding carboxylic acids is 1. The molecule has 1 aliphatic carbocycles. The molecule has 4 nitrogen and oxygen atoms in total. The molecule has 1 saturated carbocycles. The van der Waals surface area contributed by atoms with Crippen LogP contribution in [0.15, 0.2) is 16.5 Å². The molecule has 2 aromatic rings. The molecule has 1 aliphatic heterocycles. The standard InChI is InChI=1S/C20H25NO3/c1-13-11-16-15(3)18(24-17(16)12-14(13)2)19(22)21-9-10-23-20(21)7-5-4-6-8-20/h11-12H,4-10H2,1-3H3. The van der Waals surface area contributed by atoms with Gasteiger partial charge >= 0.3 is 0 Å². The molecule has 1 spiro atoms. The second-order valence-corrected chi connectivity index (χ2v) is 7.30. The van der Waals surface area contributed by atoms with Crippen molar-refractivity contribution in [2.24, 2.45) is 0 Å². The van der Waals surface area contributed by atoms with Crippen LogP contribution in [0.3, 0.4) is 0 Å². The normalized spacial score (nSPS) is 20.2. The van der Waals surface area contributed by atoms with E-state index in [2.05, 4.69) is 19.9 Å². The zero-order valence-electron chi connectivity index (χ0n) is 14.8. The van der Waals surface area contributed by atoms with E-state index >= 15 is 0 Å². The fourth-order valence-corrected chi connectivity index (χ4v) is 4.22. The molecular weight excluding hydrogens is 302 g/mol. The maximum atomic E-state index is 13.2. The number of hydrogen-bond acceptors (Lipinski definition) is 3. The summed E-state index contributed by atoms with van der Waals surface area (Å²) in [6.07, 6.45) is 5.37. The minimum atomic E-state index is -0.396. The van der Waals surface area contributed by atoms with Crippen LogP contribution in [-0.4, -0.2) is 29.7 Å². The predicted molar refractivity (Wildman–Crippen MR) is 93.2 cm³/mol. The van der Waals surface area contributed by atoms with Crippen molar-refractivity contribution in [2.45, 2.75) is 58.6 Å². The zero-order valence-corrected chi connectivity index (χ0v) is 14.8. The molecule has 2 fully saturated rings. The smallest absolute Gasteiger partial charge is 0.292 e. The fourth-order valence-electron chi connectivity index (χ4n) is 4.22. The molecule has 0 N–H and O–H groups in total. The molecule has 1 amide bonds. The van der Waals surface area contributed by atoms with Crippen molar-refractivity contribution in [3.63, 3.8) is 0 Å². The molecule has 128 valence electrons. The van der Waals surface area contributed by atoms with Crippen LogP contribution in [0.4, 0.5) is 0 Å². The molecule has 1 aromatic heterocycles. The summed E-state index contributed by atoms with van der Waals surface area (Å²) >= 11 is 0. The van der Waals surface area contributed by atoms with Gasteiger partial charge in [0, 0.05) is 17.5 Å². The number of fused-ring (bicyclic) bond motifs is 1. The van der Waals surface area contributed by atoms with Gasteiger partial charge < -0.3 is 14.1 Å². The molecule has 0 unspecified atom stereocenters. The third kappa shape index (κ3) is 2.27. The van der Waals surface area contributed by atoms with E-state index in [1.54, 1.807) is 0 Å². The highest BCUT2D eigenvalue weighted by atomic mass is 16.5. The van der Waals surface area contributed by atoms with Crippen molar-refractivity contribution in [1.82, 2.24) is 4.90 Å². The Hall–Kier alpha value is -1.81. The number of rotatable bonds is 1. The Morgan fingerprint density at radius 2 is 1.79 bits per heavy atom. The van der Waals surface area contributed by atoms with Gasteiger partial charge in [-0.3, -0.25) is 4.79 Å². The molecule has 2 aliphatic rings. The van der Waals surface area contributed by atoms with Gasteiger partial charge in [-0.1, -0.05) is 6.42 Å². The van der Waals surface area contributed by atoms with Gasteiger partial charge in [0.1, 0.15) is 11.3 Å². The quantitative estimate of drug-likeness (QED) is 0.775. The van der Waals surface area contributed by atoms with E-state index in [0.717, 1.165) is 42.2 Å². The van der Waals surface area contributed by atoms with Crippen molar-refractivity contribution in [2.75, 3.05) is 13.2 Å². The molecule has 1 aromatic carbocycles. The monoisotopic (exact) mass is 327 g/mol. The van der Waals surface area contributed by atoms with Gasteiger partial charge in [0.15, 0.2) is 5.76 Å². The number of nitrogens with zero attached hydrogens (tertiary/aromatic N) is 1. The van der Waals surface area contributed by atoms with E-state index in [9.17, 15) is 4.79 Å². The van der Waals surface area contributed by atoms with Crippen LogP contribution in [0.2, 0.25) is 0 Å². The lowest BCUT2D eigenvalue weighted by molar-refractivity contribution is -0.0925. The Balaban J connectivity index is 1.74. The summed E-state index contributed by atoms with van der Waals surface area (Å²) in [4.78, 5) is 15.2. The van der Waals surface area contributed by atoms with Crippen molar-refractivity contribution >= 4 is 16.9 Å². The first-order valence-electron chi connectivity index (χ1n) is 8.98. The maximum Gasteiger partial charge on any atom is 0.292 e. The summed E-state index contributed by atoms with van der Waals surface area (Å²) in [5.74, 6) is 0.462. The van der Waals surface area contributed by atoms with Crippen LogP contribution in [-0.2, 0) is 4.74 Å². The molecule has 4 rings (SSSR count). The van der Waals surface area contributed by atoms with Crippen molar-refractivity contribution in [3.8, 4) is 0 Å². The molecule has 2 heterocycles. The Kier molecular flexibility index (Phi) is 3.68. The van der Waals surface area contributed by atoms with Crippen LogP contribution in [0, 0.1) is 20.8 Å². The minimum absolute atomic E-state index is 0.0154. The van der Waals surface area contributed by atoms with Gasteiger partial charge in [-0.15, -0.1) is 0 Å². The van der Waals surface area contributed by atoms with Crippen LogP contribution < -0.4 is 0 Å². The third-order valence-electron chi connectivity index (χ3n) is 5.80. The summed E-state index contributed by atoms with van der Waals surface area (Å²) in [7, 11) is 0. The highest BCUT2D eigenvalue weighted by molar-refractivity contribution is 5.99. The average Bonchev–Trinajstić information content (AvgIpc) is 3.11. The maximum absolute atomic E-state index is 13.2.